The first-order valence-corrected chi connectivity index (χ1v) is 8.78. The van der Waals surface area contributed by atoms with Gasteiger partial charge in [-0.25, -0.2) is 13.6 Å². The lowest BCUT2D eigenvalue weighted by molar-refractivity contribution is -0.116. The summed E-state index contributed by atoms with van der Waals surface area (Å²) in [4.78, 5) is 12.1. The Kier molecular flexibility index (Phi) is 4.41. The lowest BCUT2D eigenvalue weighted by atomic mass is 10.1. The van der Waals surface area contributed by atoms with Crippen LogP contribution in [0, 0.1) is 0 Å². The summed E-state index contributed by atoms with van der Waals surface area (Å²) >= 11 is 0. The van der Waals surface area contributed by atoms with E-state index in [1.54, 1.807) is 30.3 Å². The molecule has 0 unspecified atom stereocenters. The van der Waals surface area contributed by atoms with Gasteiger partial charge in [-0.3, -0.25) is 4.79 Å². The molecule has 1 amide bonds. The first-order chi connectivity index (χ1) is 11.4. The summed E-state index contributed by atoms with van der Waals surface area (Å²) in [5.41, 5.74) is 1.48. The van der Waals surface area contributed by atoms with E-state index in [0.717, 1.165) is 5.56 Å². The Morgan fingerprint density at radius 1 is 1.08 bits per heavy atom. The number of ether oxygens (including phenoxy) is 2. The van der Waals surface area contributed by atoms with Gasteiger partial charge in [-0.2, -0.15) is 0 Å². The largest absolute Gasteiger partial charge is 0.454 e. The van der Waals surface area contributed by atoms with Crippen molar-refractivity contribution in [3.63, 3.8) is 0 Å². The zero-order chi connectivity index (χ0) is 17.2. The monoisotopic (exact) mass is 348 g/mol. The molecule has 2 aromatic carbocycles. The molecule has 7 nitrogen and oxygen atoms in total. The maximum absolute atomic E-state index is 12.0. The third-order valence-electron chi connectivity index (χ3n) is 3.55. The lowest BCUT2D eigenvalue weighted by Gasteiger charge is -2.07. The number of benzene rings is 2. The Morgan fingerprint density at radius 3 is 2.50 bits per heavy atom. The minimum atomic E-state index is -3.70. The number of rotatable bonds is 5. The number of nitrogens with two attached hydrogens (primary N) is 1. The number of sulfonamides is 1. The molecule has 3 rings (SSSR count). The molecule has 0 aromatic heterocycles. The van der Waals surface area contributed by atoms with Crippen molar-refractivity contribution in [2.45, 2.75) is 17.7 Å². The molecule has 126 valence electrons. The molecular formula is C16H16N2O5S. The van der Waals surface area contributed by atoms with Gasteiger partial charge < -0.3 is 14.8 Å². The third-order valence-corrected chi connectivity index (χ3v) is 4.48. The summed E-state index contributed by atoms with van der Waals surface area (Å²) < 4.78 is 32.8. The quantitative estimate of drug-likeness (QED) is 0.854. The SMILES string of the molecule is NS(=O)(=O)c1ccc(CCC(=O)Nc2ccc3c(c2)OCO3)cc1. The molecule has 0 saturated carbocycles. The molecule has 0 fully saturated rings. The van der Waals surface area contributed by atoms with E-state index < -0.39 is 10.0 Å². The number of anilines is 1. The van der Waals surface area contributed by atoms with E-state index >= 15 is 0 Å². The summed E-state index contributed by atoms with van der Waals surface area (Å²) in [5.74, 6) is 1.11. The van der Waals surface area contributed by atoms with Crippen LogP contribution in [0.25, 0.3) is 0 Å². The van der Waals surface area contributed by atoms with Gasteiger partial charge in [0.05, 0.1) is 4.90 Å². The Morgan fingerprint density at radius 2 is 1.79 bits per heavy atom. The van der Waals surface area contributed by atoms with Crippen molar-refractivity contribution in [2.75, 3.05) is 12.1 Å². The summed E-state index contributed by atoms with van der Waals surface area (Å²) in [6.45, 7) is 0.182. The second kappa shape index (κ2) is 6.50. The van der Waals surface area contributed by atoms with Gasteiger partial charge in [-0.1, -0.05) is 12.1 Å². The van der Waals surface area contributed by atoms with Crippen LogP contribution in [-0.4, -0.2) is 21.1 Å². The van der Waals surface area contributed by atoms with Crippen LogP contribution < -0.4 is 19.9 Å². The average molecular weight is 348 g/mol. The standard InChI is InChI=1S/C16H16N2O5S/c17-24(20,21)13-5-1-11(2-6-13)3-8-16(19)18-12-4-7-14-15(9-12)23-10-22-14/h1-2,4-7,9H,3,8,10H2,(H,18,19)(H2,17,20,21). The minimum absolute atomic E-state index is 0.0519. The summed E-state index contributed by atoms with van der Waals surface area (Å²) in [6, 6.07) is 11.3. The predicted molar refractivity (Wildman–Crippen MR) is 87.3 cm³/mol. The number of hydrogen-bond acceptors (Lipinski definition) is 5. The van der Waals surface area contributed by atoms with Crippen LogP contribution >= 0.6 is 0 Å². The van der Waals surface area contributed by atoms with E-state index in [1.807, 2.05) is 0 Å². The molecule has 0 atom stereocenters. The smallest absolute Gasteiger partial charge is 0.238 e. The molecule has 0 radical (unpaired) electrons. The predicted octanol–water partition coefficient (Wildman–Crippen LogP) is 1.63. The van der Waals surface area contributed by atoms with Gasteiger partial charge in [0, 0.05) is 18.2 Å². The highest BCUT2D eigenvalue weighted by Gasteiger charge is 2.14. The number of primary sulfonamides is 1. The van der Waals surface area contributed by atoms with E-state index in [2.05, 4.69) is 5.32 Å². The molecule has 0 saturated heterocycles. The summed E-state index contributed by atoms with van der Waals surface area (Å²) in [5, 5.41) is 7.83. The molecule has 24 heavy (non-hydrogen) atoms. The molecular weight excluding hydrogens is 332 g/mol. The number of carbonyl (C=O) groups excluding carboxylic acids is 1. The Labute approximate surface area is 139 Å². The number of nitrogens with one attached hydrogen (secondary N) is 1. The van der Waals surface area contributed by atoms with Crippen LogP contribution in [0.2, 0.25) is 0 Å². The van der Waals surface area contributed by atoms with Gasteiger partial charge in [-0.05, 0) is 36.2 Å². The maximum atomic E-state index is 12.0. The van der Waals surface area contributed by atoms with Crippen LogP contribution in [0.4, 0.5) is 5.69 Å². The molecule has 1 aliphatic heterocycles. The topological polar surface area (TPSA) is 108 Å². The fourth-order valence-electron chi connectivity index (χ4n) is 2.30. The normalized spacial score (nSPS) is 12.9. The van der Waals surface area contributed by atoms with Crippen molar-refractivity contribution >= 4 is 21.6 Å². The Balaban J connectivity index is 1.56. The van der Waals surface area contributed by atoms with Crippen molar-refractivity contribution in [2.24, 2.45) is 5.14 Å². The molecule has 8 heteroatoms. The first kappa shape index (κ1) is 16.3. The molecule has 1 heterocycles. The van der Waals surface area contributed by atoms with Gasteiger partial charge in [0.2, 0.25) is 22.7 Å². The second-order valence-electron chi connectivity index (χ2n) is 5.31. The Hall–Kier alpha value is -2.58. The van der Waals surface area contributed by atoms with E-state index in [1.165, 1.54) is 12.1 Å². The molecule has 3 N–H and O–H groups in total. The highest BCUT2D eigenvalue weighted by molar-refractivity contribution is 7.89. The van der Waals surface area contributed by atoms with Crippen molar-refractivity contribution in [1.82, 2.24) is 0 Å². The van der Waals surface area contributed by atoms with Crippen LogP contribution in [0.3, 0.4) is 0 Å². The second-order valence-corrected chi connectivity index (χ2v) is 6.87. The third kappa shape index (κ3) is 3.84. The van der Waals surface area contributed by atoms with Crippen molar-refractivity contribution < 1.29 is 22.7 Å². The summed E-state index contributed by atoms with van der Waals surface area (Å²) in [6.07, 6.45) is 0.754. The minimum Gasteiger partial charge on any atom is -0.454 e. The molecule has 0 bridgehead atoms. The lowest BCUT2D eigenvalue weighted by Crippen LogP contribution is -2.13. The molecule has 0 spiro atoms. The van der Waals surface area contributed by atoms with Gasteiger partial charge in [0.15, 0.2) is 11.5 Å². The van der Waals surface area contributed by atoms with Crippen molar-refractivity contribution in [3.8, 4) is 11.5 Å². The van der Waals surface area contributed by atoms with E-state index in [-0.39, 0.29) is 24.0 Å². The molecule has 2 aromatic rings. The van der Waals surface area contributed by atoms with Crippen LogP contribution in [0.1, 0.15) is 12.0 Å². The number of amides is 1. The highest BCUT2D eigenvalue weighted by atomic mass is 32.2. The fourth-order valence-corrected chi connectivity index (χ4v) is 2.82. The maximum Gasteiger partial charge on any atom is 0.238 e. The van der Waals surface area contributed by atoms with E-state index in [4.69, 9.17) is 14.6 Å². The number of carbonyl (C=O) groups is 1. The molecule has 0 aliphatic carbocycles. The fraction of sp³-hybridized carbons (Fsp3) is 0.188. The summed E-state index contributed by atoms with van der Waals surface area (Å²) in [7, 11) is -3.70. The van der Waals surface area contributed by atoms with Crippen LogP contribution in [0.5, 0.6) is 11.5 Å². The van der Waals surface area contributed by atoms with Gasteiger partial charge in [0.1, 0.15) is 0 Å². The number of aryl methyl sites for hydroxylation is 1. The zero-order valence-corrected chi connectivity index (χ0v) is 13.5. The molecule has 1 aliphatic rings. The number of fused-ring (bicyclic) bond motifs is 1. The Bertz CT molecular complexity index is 863. The highest BCUT2D eigenvalue weighted by Crippen LogP contribution is 2.34. The average Bonchev–Trinajstić information content (AvgIpc) is 3.00. The van der Waals surface area contributed by atoms with E-state index in [0.29, 0.717) is 23.6 Å². The van der Waals surface area contributed by atoms with E-state index in [9.17, 15) is 13.2 Å². The van der Waals surface area contributed by atoms with Crippen LogP contribution in [-0.2, 0) is 21.2 Å². The van der Waals surface area contributed by atoms with Crippen LogP contribution in [0.15, 0.2) is 47.4 Å². The van der Waals surface area contributed by atoms with Crippen molar-refractivity contribution in [3.05, 3.63) is 48.0 Å². The van der Waals surface area contributed by atoms with Crippen molar-refractivity contribution in [1.29, 1.82) is 0 Å². The van der Waals surface area contributed by atoms with Gasteiger partial charge >= 0.3 is 0 Å². The first-order valence-electron chi connectivity index (χ1n) is 7.23. The number of hydrogen-bond donors (Lipinski definition) is 2. The van der Waals surface area contributed by atoms with Gasteiger partial charge in [0.25, 0.3) is 0 Å². The van der Waals surface area contributed by atoms with Gasteiger partial charge in [-0.15, -0.1) is 0 Å². The zero-order valence-electron chi connectivity index (χ0n) is 12.7.